The van der Waals surface area contributed by atoms with Crippen molar-refractivity contribution in [1.82, 2.24) is 5.32 Å². The third-order valence-corrected chi connectivity index (χ3v) is 3.51. The first-order chi connectivity index (χ1) is 7.81. The highest BCUT2D eigenvalue weighted by molar-refractivity contribution is 9.10. The van der Waals surface area contributed by atoms with E-state index >= 15 is 0 Å². The number of hydrogen-bond donors (Lipinski definition) is 1. The van der Waals surface area contributed by atoms with Gasteiger partial charge in [-0.25, -0.2) is 8.78 Å². The first-order valence-electron chi connectivity index (χ1n) is 5.26. The van der Waals surface area contributed by atoms with Crippen molar-refractivity contribution in [3.05, 3.63) is 33.8 Å². The molecule has 0 bridgehead atoms. The molecule has 0 spiro atoms. The Morgan fingerprint density at radius 3 is 2.29 bits per heavy atom. The molecule has 0 saturated heterocycles. The van der Waals surface area contributed by atoms with Gasteiger partial charge in [0, 0.05) is 10.5 Å². The molecule has 0 aromatic heterocycles. The number of rotatable bonds is 2. The summed E-state index contributed by atoms with van der Waals surface area (Å²) in [6.45, 7) is 3.98. The highest BCUT2D eigenvalue weighted by atomic mass is 79.9. The van der Waals surface area contributed by atoms with E-state index in [2.05, 4.69) is 21.2 Å². The van der Waals surface area contributed by atoms with Gasteiger partial charge in [-0.15, -0.1) is 0 Å². The first-order valence-corrected chi connectivity index (χ1v) is 6.06. The lowest BCUT2D eigenvalue weighted by Gasteiger charge is -2.08. The Balaban J connectivity index is 2.20. The highest BCUT2D eigenvalue weighted by Crippen LogP contribution is 2.44. The lowest BCUT2D eigenvalue weighted by Crippen LogP contribution is -2.30. The van der Waals surface area contributed by atoms with Crippen molar-refractivity contribution in [2.24, 2.45) is 5.41 Å². The van der Waals surface area contributed by atoms with Gasteiger partial charge in [0.1, 0.15) is 17.2 Å². The number of nitrogens with one attached hydrogen (secondary N) is 1. The number of hydrogen-bond acceptors (Lipinski definition) is 1. The van der Waals surface area contributed by atoms with Gasteiger partial charge in [-0.2, -0.15) is 0 Å². The van der Waals surface area contributed by atoms with Crippen molar-refractivity contribution < 1.29 is 13.6 Å². The van der Waals surface area contributed by atoms with Crippen LogP contribution in [0.25, 0.3) is 0 Å². The summed E-state index contributed by atoms with van der Waals surface area (Å²) in [5, 5.41) is 2.63. The summed E-state index contributed by atoms with van der Waals surface area (Å²) in [4.78, 5) is 11.7. The van der Waals surface area contributed by atoms with E-state index in [1.807, 2.05) is 13.8 Å². The summed E-state index contributed by atoms with van der Waals surface area (Å²) >= 11 is 2.97. The van der Waals surface area contributed by atoms with E-state index in [1.165, 1.54) is 0 Å². The van der Waals surface area contributed by atoms with E-state index < -0.39 is 23.1 Å². The van der Waals surface area contributed by atoms with Crippen LogP contribution in [-0.4, -0.2) is 11.9 Å². The third kappa shape index (κ3) is 2.49. The molecule has 92 valence electrons. The lowest BCUT2D eigenvalue weighted by atomic mass is 10.1. The number of carbonyl (C=O) groups excluding carboxylic acids is 1. The van der Waals surface area contributed by atoms with Gasteiger partial charge < -0.3 is 5.32 Å². The Hall–Kier alpha value is -0.970. The fourth-order valence-electron chi connectivity index (χ4n) is 1.70. The number of amides is 1. The minimum absolute atomic E-state index is 0.00236. The van der Waals surface area contributed by atoms with Gasteiger partial charge in [-0.3, -0.25) is 4.79 Å². The van der Waals surface area contributed by atoms with Crippen LogP contribution in [0.4, 0.5) is 8.78 Å². The molecule has 2 rings (SSSR count). The molecule has 1 unspecified atom stereocenters. The molecule has 1 saturated carbocycles. The van der Waals surface area contributed by atoms with Crippen LogP contribution in [0.1, 0.15) is 30.6 Å². The Kier molecular flexibility index (Phi) is 2.97. The van der Waals surface area contributed by atoms with E-state index in [4.69, 9.17) is 0 Å². The smallest absolute Gasteiger partial charge is 0.257 e. The third-order valence-electron chi connectivity index (χ3n) is 3.05. The molecule has 1 aliphatic carbocycles. The molecule has 1 aromatic rings. The predicted molar refractivity (Wildman–Crippen MR) is 63.7 cm³/mol. The van der Waals surface area contributed by atoms with Crippen LogP contribution in [0.3, 0.4) is 0 Å². The molecule has 17 heavy (non-hydrogen) atoms. The molecule has 1 amide bonds. The maximum Gasteiger partial charge on any atom is 0.257 e. The molecular weight excluding hydrogens is 292 g/mol. The molecule has 1 aromatic carbocycles. The molecule has 0 heterocycles. The van der Waals surface area contributed by atoms with Crippen LogP contribution in [0.2, 0.25) is 0 Å². The zero-order chi connectivity index (χ0) is 12.8. The van der Waals surface area contributed by atoms with Gasteiger partial charge in [-0.05, 0) is 24.0 Å². The summed E-state index contributed by atoms with van der Waals surface area (Å²) in [5.41, 5.74) is -0.492. The van der Waals surface area contributed by atoms with Crippen molar-refractivity contribution >= 4 is 21.8 Å². The second kappa shape index (κ2) is 4.05. The maximum atomic E-state index is 13.5. The number of halogens is 3. The largest absolute Gasteiger partial charge is 0.349 e. The molecule has 1 N–H and O–H groups in total. The standard InChI is InChI=1S/C12H12BrF2NO/c1-12(2)5-9(12)16-11(17)10-7(14)3-6(13)4-8(10)15/h3-4,9H,5H2,1-2H3,(H,16,17). The molecule has 1 fully saturated rings. The summed E-state index contributed by atoms with van der Waals surface area (Å²) in [5.74, 6) is -2.40. The lowest BCUT2D eigenvalue weighted by molar-refractivity contribution is 0.0938. The van der Waals surface area contributed by atoms with Crippen LogP contribution < -0.4 is 5.32 Å². The second-order valence-electron chi connectivity index (χ2n) is 4.96. The molecule has 2 nitrogen and oxygen atoms in total. The number of benzene rings is 1. The van der Waals surface area contributed by atoms with Crippen LogP contribution in [-0.2, 0) is 0 Å². The van der Waals surface area contributed by atoms with Crippen LogP contribution in [0.15, 0.2) is 16.6 Å². The summed E-state index contributed by atoms with van der Waals surface area (Å²) < 4.78 is 27.3. The van der Waals surface area contributed by atoms with Crippen LogP contribution >= 0.6 is 15.9 Å². The van der Waals surface area contributed by atoms with Gasteiger partial charge in [0.05, 0.1) is 0 Å². The molecule has 0 aliphatic heterocycles. The summed E-state index contributed by atoms with van der Waals surface area (Å²) in [6, 6.07) is 2.16. The van der Waals surface area contributed by atoms with Crippen LogP contribution in [0.5, 0.6) is 0 Å². The Morgan fingerprint density at radius 1 is 1.41 bits per heavy atom. The number of carbonyl (C=O) groups is 1. The fraction of sp³-hybridized carbons (Fsp3) is 0.417. The zero-order valence-electron chi connectivity index (χ0n) is 9.48. The molecule has 1 aliphatic rings. The van der Waals surface area contributed by atoms with E-state index in [-0.39, 0.29) is 15.9 Å². The van der Waals surface area contributed by atoms with Gasteiger partial charge in [0.15, 0.2) is 0 Å². The highest BCUT2D eigenvalue weighted by Gasteiger charge is 2.46. The quantitative estimate of drug-likeness (QED) is 0.893. The van der Waals surface area contributed by atoms with Crippen molar-refractivity contribution in [2.75, 3.05) is 0 Å². The average molecular weight is 304 g/mol. The minimum atomic E-state index is -0.854. The van der Waals surface area contributed by atoms with Crippen molar-refractivity contribution in [3.8, 4) is 0 Å². The van der Waals surface area contributed by atoms with E-state index in [1.54, 1.807) is 0 Å². The van der Waals surface area contributed by atoms with Gasteiger partial charge >= 0.3 is 0 Å². The SMILES string of the molecule is CC1(C)CC1NC(=O)c1c(F)cc(Br)cc1F. The fourth-order valence-corrected chi connectivity index (χ4v) is 2.11. The van der Waals surface area contributed by atoms with Gasteiger partial charge in [0.2, 0.25) is 0 Å². The van der Waals surface area contributed by atoms with E-state index in [0.717, 1.165) is 18.6 Å². The zero-order valence-corrected chi connectivity index (χ0v) is 11.1. The van der Waals surface area contributed by atoms with Crippen LogP contribution in [0, 0.1) is 17.0 Å². The first kappa shape index (κ1) is 12.5. The Bertz CT molecular complexity index is 464. The van der Waals surface area contributed by atoms with Crippen molar-refractivity contribution in [2.45, 2.75) is 26.3 Å². The molecule has 1 atom stereocenters. The topological polar surface area (TPSA) is 29.1 Å². The Labute approximate surface area is 107 Å². The van der Waals surface area contributed by atoms with E-state index in [0.29, 0.717) is 0 Å². The predicted octanol–water partition coefficient (Wildman–Crippen LogP) is 3.26. The molecular formula is C12H12BrF2NO. The minimum Gasteiger partial charge on any atom is -0.349 e. The normalized spacial score (nSPS) is 21.1. The van der Waals surface area contributed by atoms with Crippen molar-refractivity contribution in [1.29, 1.82) is 0 Å². The Morgan fingerprint density at radius 2 is 1.88 bits per heavy atom. The monoisotopic (exact) mass is 303 g/mol. The van der Waals surface area contributed by atoms with Crippen molar-refractivity contribution in [3.63, 3.8) is 0 Å². The maximum absolute atomic E-state index is 13.5. The summed E-state index contributed by atoms with van der Waals surface area (Å²) in [7, 11) is 0. The second-order valence-corrected chi connectivity index (χ2v) is 5.88. The molecule has 0 radical (unpaired) electrons. The van der Waals surface area contributed by atoms with Gasteiger partial charge in [0.25, 0.3) is 5.91 Å². The van der Waals surface area contributed by atoms with Gasteiger partial charge in [-0.1, -0.05) is 29.8 Å². The van der Waals surface area contributed by atoms with E-state index in [9.17, 15) is 13.6 Å². The average Bonchev–Trinajstić information content (AvgIpc) is 2.70. The summed E-state index contributed by atoms with van der Waals surface area (Å²) in [6.07, 6.45) is 0.832. The molecule has 5 heteroatoms.